The van der Waals surface area contributed by atoms with Crippen LogP contribution < -0.4 is 10.1 Å². The van der Waals surface area contributed by atoms with Crippen LogP contribution in [0.15, 0.2) is 44.5 Å². The first-order valence-electron chi connectivity index (χ1n) is 18.0. The average molecular weight is 744 g/mol. The van der Waals surface area contributed by atoms with Gasteiger partial charge in [0.1, 0.15) is 30.0 Å². The molecule has 1 aromatic heterocycles. The number of aromatic nitrogens is 1. The Balaban J connectivity index is -0.000000725. The first kappa shape index (κ1) is 54.7. The molecule has 0 aliphatic carbocycles. The summed E-state index contributed by atoms with van der Waals surface area (Å²) in [6, 6.07) is 2.91. The van der Waals surface area contributed by atoms with Crippen LogP contribution >= 0.6 is 0 Å². The van der Waals surface area contributed by atoms with Crippen LogP contribution in [0.25, 0.3) is 10.9 Å². The van der Waals surface area contributed by atoms with E-state index < -0.39 is 54.0 Å². The second kappa shape index (κ2) is 29.5. The average Bonchev–Trinajstić information content (AvgIpc) is 3.54. The third kappa shape index (κ3) is 18.9. The minimum atomic E-state index is -4.57. The number of ether oxygens (including phenoxy) is 3. The maximum absolute atomic E-state index is 13.6. The van der Waals surface area contributed by atoms with Gasteiger partial charge in [-0.05, 0) is 40.2 Å². The van der Waals surface area contributed by atoms with Crippen LogP contribution in [0.3, 0.4) is 0 Å². The normalized spacial score (nSPS) is 14.1. The number of methoxy groups -OCH3 is 1. The molecular weight excluding hydrogens is 675 g/mol. The van der Waals surface area contributed by atoms with Gasteiger partial charge in [0.25, 0.3) is 0 Å². The topological polar surface area (TPSA) is 107 Å². The van der Waals surface area contributed by atoms with Gasteiger partial charge in [0.2, 0.25) is 5.91 Å². The van der Waals surface area contributed by atoms with E-state index in [1.165, 1.54) is 30.9 Å². The summed E-state index contributed by atoms with van der Waals surface area (Å²) in [6.45, 7) is 36.5. The first-order valence-corrected chi connectivity index (χ1v) is 18.0. The molecule has 12 heteroatoms. The number of nitrogens with one attached hydrogen (secondary N) is 1. The second-order valence-corrected chi connectivity index (χ2v) is 11.4. The molecule has 3 rings (SSSR count). The van der Waals surface area contributed by atoms with E-state index in [2.05, 4.69) is 64.3 Å². The number of alkyl carbamates (subject to hydrolysis) is 1. The van der Waals surface area contributed by atoms with Gasteiger partial charge in [0.05, 0.1) is 30.4 Å². The molecule has 52 heavy (non-hydrogen) atoms. The molecule has 300 valence electrons. The third-order valence-electron chi connectivity index (χ3n) is 6.03. The zero-order valence-electron chi connectivity index (χ0n) is 34.4. The lowest BCUT2D eigenvalue weighted by atomic mass is 10.0. The molecule has 2 aromatic rings. The number of benzene rings is 1. The van der Waals surface area contributed by atoms with E-state index in [-0.39, 0.29) is 24.2 Å². The lowest BCUT2D eigenvalue weighted by Crippen LogP contribution is -2.46. The molecule has 1 aliphatic heterocycles. The molecule has 0 saturated carbocycles. The molecule has 2 heterocycles. The fourth-order valence-electron chi connectivity index (χ4n) is 4.45. The van der Waals surface area contributed by atoms with Crippen LogP contribution in [-0.2, 0) is 31.7 Å². The Labute approximate surface area is 312 Å². The Hall–Kier alpha value is -4.09. The maximum Gasteiger partial charge on any atom is 0.418 e. The van der Waals surface area contributed by atoms with E-state index in [4.69, 9.17) is 14.2 Å². The van der Waals surface area contributed by atoms with E-state index in [0.717, 1.165) is 6.07 Å². The number of nitrogens with zero attached hydrogens (tertiary/aromatic N) is 2. The quantitative estimate of drug-likeness (QED) is 0.232. The summed E-state index contributed by atoms with van der Waals surface area (Å²) in [6.07, 6.45) is -3.06. The van der Waals surface area contributed by atoms with Crippen molar-refractivity contribution in [2.45, 2.75) is 140 Å². The number of amides is 2. The number of carbonyl (C=O) groups is 3. The van der Waals surface area contributed by atoms with Gasteiger partial charge in [-0.3, -0.25) is 4.79 Å². The van der Waals surface area contributed by atoms with Gasteiger partial charge in [-0.25, -0.2) is 14.6 Å². The molecular formula is C40H68F3N3O6. The van der Waals surface area contributed by atoms with Gasteiger partial charge < -0.3 is 24.4 Å². The Morgan fingerprint density at radius 2 is 1.44 bits per heavy atom. The van der Waals surface area contributed by atoms with Crippen molar-refractivity contribution in [3.63, 3.8) is 0 Å². The van der Waals surface area contributed by atoms with Crippen LogP contribution in [0.1, 0.15) is 119 Å². The predicted octanol–water partition coefficient (Wildman–Crippen LogP) is 10.7. The number of para-hydroxylation sites is 1. The minimum absolute atomic E-state index is 0.00216. The summed E-state index contributed by atoms with van der Waals surface area (Å²) in [7, 11) is 1.20. The van der Waals surface area contributed by atoms with Gasteiger partial charge in [-0.2, -0.15) is 13.2 Å². The molecule has 1 aromatic carbocycles. The highest BCUT2D eigenvalue weighted by molar-refractivity contribution is 5.89. The van der Waals surface area contributed by atoms with Crippen molar-refractivity contribution in [3.8, 4) is 5.75 Å². The largest absolute Gasteiger partial charge is 0.486 e. The van der Waals surface area contributed by atoms with Crippen molar-refractivity contribution in [1.82, 2.24) is 15.2 Å². The van der Waals surface area contributed by atoms with Crippen molar-refractivity contribution in [1.29, 1.82) is 0 Å². The number of likely N-dealkylation sites (tertiary alicyclic amines) is 1. The number of pyridine rings is 1. The smallest absolute Gasteiger partial charge is 0.418 e. The van der Waals surface area contributed by atoms with Gasteiger partial charge >= 0.3 is 18.2 Å². The molecule has 0 spiro atoms. The summed E-state index contributed by atoms with van der Waals surface area (Å²) in [5, 5.41) is 2.69. The van der Waals surface area contributed by atoms with Crippen LogP contribution in [-0.4, -0.2) is 65.8 Å². The summed E-state index contributed by atoms with van der Waals surface area (Å²) in [5.74, 6) is -0.883. The van der Waals surface area contributed by atoms with Gasteiger partial charge in [-0.1, -0.05) is 87.3 Å². The number of carbonyl (C=O) groups excluding carboxylic acids is 3. The molecule has 2 amide bonds. The molecule has 0 bridgehead atoms. The summed E-state index contributed by atoms with van der Waals surface area (Å²) < 4.78 is 57.0. The molecule has 0 radical (unpaired) electrons. The van der Waals surface area contributed by atoms with Crippen LogP contribution in [0.4, 0.5) is 18.0 Å². The number of rotatable bonds is 6. The standard InChI is InChI=1S/C26H32F3N3O6.2C3H8.2C2H6.2C2H4/c1-7-16-17-9-8-10-18(26(27,28)29)21(17)31-14(2)22(16)37-15-11-19(23(34)36-6)32(13-15)20(33)12-30-24(35)38-25(3,4)5;2*1-3-2;4*1-2/h8-10,15,19H,7,11-13H2,1-6H3,(H,30,35);2*3H2,1-2H3;2*1-2H3;2*1-2H2. The lowest BCUT2D eigenvalue weighted by Gasteiger charge is -2.24. The zero-order valence-corrected chi connectivity index (χ0v) is 34.4. The number of esters is 1. The number of alkyl halides is 3. The third-order valence-corrected chi connectivity index (χ3v) is 6.03. The van der Waals surface area contributed by atoms with Crippen LogP contribution in [0.5, 0.6) is 5.75 Å². The molecule has 1 N–H and O–H groups in total. The SMILES string of the molecule is C=C.C=C.CC.CC.CCC.CCC.CCc1c(OC2CC(C(=O)OC)N(C(=O)CNC(=O)OC(C)(C)C)C2)c(C)nc2c(C(F)(F)F)cccc12. The first-order chi connectivity index (χ1) is 24.5. The zero-order chi connectivity index (χ0) is 41.8. The summed E-state index contributed by atoms with van der Waals surface area (Å²) in [4.78, 5) is 42.8. The van der Waals surface area contributed by atoms with Crippen molar-refractivity contribution in [3.05, 3.63) is 61.3 Å². The fourth-order valence-corrected chi connectivity index (χ4v) is 4.45. The van der Waals surface area contributed by atoms with Crippen LogP contribution in [0, 0.1) is 6.92 Å². The Morgan fingerprint density at radius 1 is 0.942 bits per heavy atom. The van der Waals surface area contributed by atoms with Crippen molar-refractivity contribution < 1.29 is 41.8 Å². The van der Waals surface area contributed by atoms with Gasteiger partial charge in [0, 0.05) is 17.4 Å². The minimum Gasteiger partial charge on any atom is -0.486 e. The van der Waals surface area contributed by atoms with E-state index in [9.17, 15) is 27.6 Å². The van der Waals surface area contributed by atoms with Gasteiger partial charge in [0.15, 0.2) is 0 Å². The Kier molecular flexibility index (Phi) is 31.0. The maximum atomic E-state index is 13.6. The number of aryl methyl sites for hydroxylation is 2. The second-order valence-electron chi connectivity index (χ2n) is 11.4. The van der Waals surface area contributed by atoms with Crippen molar-refractivity contribution in [2.75, 3.05) is 20.2 Å². The van der Waals surface area contributed by atoms with Crippen molar-refractivity contribution >= 4 is 28.9 Å². The molecule has 1 saturated heterocycles. The molecule has 9 nitrogen and oxygen atoms in total. The Morgan fingerprint density at radius 3 is 1.87 bits per heavy atom. The molecule has 2 unspecified atom stereocenters. The van der Waals surface area contributed by atoms with Gasteiger partial charge in [-0.15, -0.1) is 26.3 Å². The highest BCUT2D eigenvalue weighted by atomic mass is 19.4. The lowest BCUT2D eigenvalue weighted by molar-refractivity contribution is -0.150. The fraction of sp³-hybridized carbons (Fsp3) is 0.600. The highest BCUT2D eigenvalue weighted by Crippen LogP contribution is 2.39. The van der Waals surface area contributed by atoms with E-state index in [1.807, 2.05) is 27.7 Å². The molecule has 1 aliphatic rings. The number of halogens is 3. The summed E-state index contributed by atoms with van der Waals surface area (Å²) in [5.41, 5.74) is -0.940. The Bertz CT molecular complexity index is 1290. The van der Waals surface area contributed by atoms with E-state index >= 15 is 0 Å². The van der Waals surface area contributed by atoms with E-state index in [1.54, 1.807) is 40.7 Å². The van der Waals surface area contributed by atoms with E-state index in [0.29, 0.717) is 23.1 Å². The summed E-state index contributed by atoms with van der Waals surface area (Å²) >= 11 is 0. The number of hydrogen-bond acceptors (Lipinski definition) is 7. The van der Waals surface area contributed by atoms with Crippen LogP contribution in [0.2, 0.25) is 0 Å². The molecule has 1 fully saturated rings. The van der Waals surface area contributed by atoms with Crippen molar-refractivity contribution in [2.24, 2.45) is 0 Å². The monoisotopic (exact) mass is 744 g/mol. The predicted molar refractivity (Wildman–Crippen MR) is 209 cm³/mol. The number of fused-ring (bicyclic) bond motifs is 1. The number of hydrogen-bond donors (Lipinski definition) is 1. The highest BCUT2D eigenvalue weighted by Gasteiger charge is 2.42. The molecule has 2 atom stereocenters.